The number of ether oxygens (including phenoxy) is 2. The van der Waals surface area contributed by atoms with Crippen molar-refractivity contribution in [3.8, 4) is 5.75 Å². The first-order valence-electron chi connectivity index (χ1n) is 4.33. The summed E-state index contributed by atoms with van der Waals surface area (Å²) in [6.45, 7) is 0. The minimum Gasteiger partial charge on any atom is -0.466 e. The van der Waals surface area contributed by atoms with E-state index in [1.807, 2.05) is 24.3 Å². The van der Waals surface area contributed by atoms with Crippen molar-refractivity contribution in [2.45, 2.75) is 6.42 Å². The largest absolute Gasteiger partial charge is 0.466 e. The van der Waals surface area contributed by atoms with Gasteiger partial charge >= 0.3 is 5.97 Å². The maximum atomic E-state index is 11.2. The summed E-state index contributed by atoms with van der Waals surface area (Å²) in [5, 5.41) is 0. The molecule has 0 radical (unpaired) electrons. The number of esters is 1. The second kappa shape index (κ2) is 3.54. The third kappa shape index (κ3) is 1.48. The van der Waals surface area contributed by atoms with Crippen LogP contribution in [0.4, 0.5) is 0 Å². The maximum absolute atomic E-state index is 11.2. The van der Waals surface area contributed by atoms with Crippen LogP contribution in [-0.4, -0.2) is 13.1 Å². The van der Waals surface area contributed by atoms with Crippen LogP contribution in [0.25, 0.3) is 0 Å². The van der Waals surface area contributed by atoms with Crippen molar-refractivity contribution in [1.29, 1.82) is 0 Å². The Morgan fingerprint density at radius 2 is 2.21 bits per heavy atom. The molecule has 0 atom stereocenters. The Morgan fingerprint density at radius 3 is 3.00 bits per heavy atom. The van der Waals surface area contributed by atoms with Gasteiger partial charge in [-0.2, -0.15) is 0 Å². The first kappa shape index (κ1) is 8.81. The Kier molecular flexibility index (Phi) is 2.23. The summed E-state index contributed by atoms with van der Waals surface area (Å²) in [6.07, 6.45) is 2.02. The monoisotopic (exact) mass is 190 g/mol. The van der Waals surface area contributed by atoms with E-state index in [1.54, 1.807) is 0 Å². The Hall–Kier alpha value is -1.77. The lowest BCUT2D eigenvalue weighted by atomic mass is 10.0. The number of para-hydroxylation sites is 1. The van der Waals surface area contributed by atoms with E-state index >= 15 is 0 Å². The van der Waals surface area contributed by atoms with E-state index in [4.69, 9.17) is 4.74 Å². The summed E-state index contributed by atoms with van der Waals surface area (Å²) in [4.78, 5) is 11.2. The van der Waals surface area contributed by atoms with Gasteiger partial charge in [-0.15, -0.1) is 0 Å². The molecule has 2 rings (SSSR count). The lowest BCUT2D eigenvalue weighted by Crippen LogP contribution is -2.12. The summed E-state index contributed by atoms with van der Waals surface area (Å²) < 4.78 is 9.91. The molecule has 0 N–H and O–H groups in total. The molecule has 0 spiro atoms. The number of benzene rings is 1. The summed E-state index contributed by atoms with van der Waals surface area (Å²) in [5.74, 6) is 0.472. The molecule has 1 aliphatic heterocycles. The first-order chi connectivity index (χ1) is 6.81. The molecule has 0 aliphatic carbocycles. The molecule has 14 heavy (non-hydrogen) atoms. The van der Waals surface area contributed by atoms with Crippen LogP contribution in [0.2, 0.25) is 0 Å². The Labute approximate surface area is 81.9 Å². The zero-order chi connectivity index (χ0) is 9.97. The highest BCUT2D eigenvalue weighted by Crippen LogP contribution is 2.26. The predicted octanol–water partition coefficient (Wildman–Crippen LogP) is 1.68. The molecular weight excluding hydrogens is 180 g/mol. The number of hydrogen-bond acceptors (Lipinski definition) is 3. The van der Waals surface area contributed by atoms with Gasteiger partial charge in [0.25, 0.3) is 0 Å². The minimum atomic E-state index is -0.334. The third-order valence-corrected chi connectivity index (χ3v) is 2.13. The van der Waals surface area contributed by atoms with Crippen molar-refractivity contribution < 1.29 is 14.3 Å². The number of carbonyl (C=O) groups excluding carboxylic acids is 1. The normalized spacial score (nSPS) is 13.6. The number of methoxy groups -OCH3 is 1. The zero-order valence-electron chi connectivity index (χ0n) is 7.82. The fraction of sp³-hybridized carbons (Fsp3) is 0.182. The molecule has 1 aliphatic rings. The van der Waals surface area contributed by atoms with E-state index in [2.05, 4.69) is 4.74 Å². The van der Waals surface area contributed by atoms with Gasteiger partial charge < -0.3 is 9.47 Å². The Balaban J connectivity index is 2.25. The number of rotatable bonds is 1. The Morgan fingerprint density at radius 1 is 1.43 bits per heavy atom. The van der Waals surface area contributed by atoms with E-state index < -0.39 is 0 Å². The molecule has 3 heteroatoms. The fourth-order valence-corrected chi connectivity index (χ4v) is 1.40. The second-order valence-corrected chi connectivity index (χ2v) is 3.04. The summed E-state index contributed by atoms with van der Waals surface area (Å²) in [5.41, 5.74) is 1.56. The van der Waals surface area contributed by atoms with Crippen LogP contribution in [0, 0.1) is 0 Å². The van der Waals surface area contributed by atoms with Gasteiger partial charge in [0.05, 0.1) is 12.7 Å². The SMILES string of the molecule is COC(=O)C1=COc2ccccc2C1. The molecule has 1 aromatic carbocycles. The number of carbonyl (C=O) groups is 1. The molecular formula is C11H10O3. The average Bonchev–Trinajstić information content (AvgIpc) is 2.27. The van der Waals surface area contributed by atoms with Crippen LogP contribution in [0.15, 0.2) is 36.1 Å². The van der Waals surface area contributed by atoms with Gasteiger partial charge in [-0.3, -0.25) is 0 Å². The van der Waals surface area contributed by atoms with E-state index in [0.29, 0.717) is 12.0 Å². The van der Waals surface area contributed by atoms with E-state index in [9.17, 15) is 4.79 Å². The molecule has 0 aromatic heterocycles. The summed E-state index contributed by atoms with van der Waals surface area (Å²) in [7, 11) is 1.36. The molecule has 1 aromatic rings. The minimum absolute atomic E-state index is 0.334. The van der Waals surface area contributed by atoms with Gasteiger partial charge in [-0.05, 0) is 11.6 Å². The number of fused-ring (bicyclic) bond motifs is 1. The third-order valence-electron chi connectivity index (χ3n) is 2.13. The molecule has 0 unspecified atom stereocenters. The van der Waals surface area contributed by atoms with Crippen molar-refractivity contribution in [2.24, 2.45) is 0 Å². The molecule has 72 valence electrons. The summed E-state index contributed by atoms with van der Waals surface area (Å²) >= 11 is 0. The standard InChI is InChI=1S/C11H10O3/c1-13-11(12)9-6-8-4-2-3-5-10(8)14-7-9/h2-5,7H,6H2,1H3. The van der Waals surface area contributed by atoms with Crippen molar-refractivity contribution >= 4 is 5.97 Å². The second-order valence-electron chi connectivity index (χ2n) is 3.04. The van der Waals surface area contributed by atoms with Crippen LogP contribution in [-0.2, 0) is 16.0 Å². The molecule has 0 saturated heterocycles. The van der Waals surface area contributed by atoms with Crippen molar-refractivity contribution in [3.05, 3.63) is 41.7 Å². The average molecular weight is 190 g/mol. The van der Waals surface area contributed by atoms with Crippen LogP contribution < -0.4 is 4.74 Å². The van der Waals surface area contributed by atoms with Gasteiger partial charge in [-0.25, -0.2) is 4.79 Å². The highest BCUT2D eigenvalue weighted by molar-refractivity contribution is 5.89. The number of hydrogen-bond donors (Lipinski definition) is 0. The quantitative estimate of drug-likeness (QED) is 0.632. The molecule has 0 fully saturated rings. The van der Waals surface area contributed by atoms with Crippen LogP contribution in [0.5, 0.6) is 5.75 Å². The lowest BCUT2D eigenvalue weighted by Gasteiger charge is -2.15. The Bertz CT molecular complexity index is 393. The van der Waals surface area contributed by atoms with Crippen LogP contribution in [0.1, 0.15) is 5.56 Å². The highest BCUT2D eigenvalue weighted by atomic mass is 16.5. The van der Waals surface area contributed by atoms with Crippen molar-refractivity contribution in [3.63, 3.8) is 0 Å². The van der Waals surface area contributed by atoms with Gasteiger partial charge in [0.15, 0.2) is 0 Å². The topological polar surface area (TPSA) is 35.5 Å². The van der Waals surface area contributed by atoms with Gasteiger partial charge in [0.2, 0.25) is 0 Å². The maximum Gasteiger partial charge on any atom is 0.337 e. The predicted molar refractivity (Wildman–Crippen MR) is 50.9 cm³/mol. The molecule has 3 nitrogen and oxygen atoms in total. The zero-order valence-corrected chi connectivity index (χ0v) is 7.82. The van der Waals surface area contributed by atoms with Gasteiger partial charge in [0.1, 0.15) is 12.0 Å². The molecule has 0 saturated carbocycles. The van der Waals surface area contributed by atoms with E-state index in [1.165, 1.54) is 13.4 Å². The smallest absolute Gasteiger partial charge is 0.337 e. The fourth-order valence-electron chi connectivity index (χ4n) is 1.40. The van der Waals surface area contributed by atoms with E-state index in [-0.39, 0.29) is 5.97 Å². The van der Waals surface area contributed by atoms with Crippen molar-refractivity contribution in [2.75, 3.05) is 7.11 Å². The first-order valence-corrected chi connectivity index (χ1v) is 4.33. The van der Waals surface area contributed by atoms with E-state index in [0.717, 1.165) is 11.3 Å². The van der Waals surface area contributed by atoms with Gasteiger partial charge in [-0.1, -0.05) is 18.2 Å². The lowest BCUT2D eigenvalue weighted by molar-refractivity contribution is -0.136. The molecule has 1 heterocycles. The van der Waals surface area contributed by atoms with Crippen LogP contribution >= 0.6 is 0 Å². The van der Waals surface area contributed by atoms with Crippen molar-refractivity contribution in [1.82, 2.24) is 0 Å². The molecule has 0 amide bonds. The van der Waals surface area contributed by atoms with Gasteiger partial charge in [0, 0.05) is 6.42 Å². The van der Waals surface area contributed by atoms with Crippen LogP contribution in [0.3, 0.4) is 0 Å². The summed E-state index contributed by atoms with van der Waals surface area (Å²) in [6, 6.07) is 7.63. The highest BCUT2D eigenvalue weighted by Gasteiger charge is 2.17. The molecule has 0 bridgehead atoms.